The Morgan fingerprint density at radius 3 is 1.89 bits per heavy atom. The van der Waals surface area contributed by atoms with E-state index in [1.807, 2.05) is 121 Å². The number of anilines is 3. The number of nitrogens with two attached hydrogens (primary N) is 3. The number of nitrogens with zero attached hydrogens (tertiary/aromatic N) is 11. The first-order chi connectivity index (χ1) is 44.5. The topological polar surface area (TPSA) is 281 Å². The molecule has 12 aromatic rings. The van der Waals surface area contributed by atoms with Gasteiger partial charge < -0.3 is 40.5 Å². The average Bonchev–Trinajstić information content (AvgIpc) is 1.62. The highest BCUT2D eigenvalue weighted by molar-refractivity contribution is 7.88. The third-order valence-electron chi connectivity index (χ3n) is 15.2. The van der Waals surface area contributed by atoms with Crippen LogP contribution in [0.5, 0.6) is 0 Å². The lowest BCUT2D eigenvalue weighted by atomic mass is 10.0. The highest BCUT2D eigenvalue weighted by atomic mass is 32.2. The summed E-state index contributed by atoms with van der Waals surface area (Å²) in [4.78, 5) is 50.5. The third kappa shape index (κ3) is 13.3. The molecular weight excluding hydrogens is 1340 g/mol. The van der Waals surface area contributed by atoms with Crippen molar-refractivity contribution >= 4 is 154 Å². The van der Waals surface area contributed by atoms with Crippen molar-refractivity contribution in [2.24, 2.45) is 7.05 Å². The zero-order valence-electron chi connectivity index (χ0n) is 51.3. The van der Waals surface area contributed by atoms with Crippen LogP contribution in [0.4, 0.5) is 17.1 Å². The number of likely N-dealkylation sites (N-methyl/N-ethyl adjacent to an activating group) is 1. The first-order valence-corrected chi connectivity index (χ1v) is 38.2. The van der Waals surface area contributed by atoms with Gasteiger partial charge in [0, 0.05) is 83.1 Å². The Bertz CT molecular complexity index is 4770. The van der Waals surface area contributed by atoms with Crippen LogP contribution in [-0.4, -0.2) is 132 Å². The van der Waals surface area contributed by atoms with E-state index >= 15 is 0 Å². The number of pyridine rings is 3. The number of aryl methyl sites for hydroxylation is 2. The fraction of sp³-hybridized carbons (Fsp3) is 0.306. The number of rotatable bonds is 27. The number of nitrogen functional groups attached to an aromatic ring is 3. The maximum atomic E-state index is 14.4. The molecular formula is C62H65N14O7S9+. The fourth-order valence-electron chi connectivity index (χ4n) is 10.5. The Morgan fingerprint density at radius 1 is 0.674 bits per heavy atom. The van der Waals surface area contributed by atoms with E-state index in [2.05, 4.69) is 21.5 Å². The number of fused-ring (bicyclic) bond motifs is 3. The highest BCUT2D eigenvalue weighted by Gasteiger charge is 2.30. The van der Waals surface area contributed by atoms with Gasteiger partial charge >= 0.3 is 11.8 Å². The molecule has 0 aliphatic carbocycles. The number of hydrogen-bond donors (Lipinski definition) is 3. The van der Waals surface area contributed by atoms with Crippen LogP contribution < -0.4 is 21.8 Å². The summed E-state index contributed by atoms with van der Waals surface area (Å²) in [5.74, 6) is 3.05. The van der Waals surface area contributed by atoms with Gasteiger partial charge in [-0.05, 0) is 80.7 Å². The predicted octanol–water partition coefficient (Wildman–Crippen LogP) is 11.5. The summed E-state index contributed by atoms with van der Waals surface area (Å²) in [5.41, 5.74) is 29.8. The largest absolute Gasteiger partial charge is 0.460 e. The molecule has 11 heterocycles. The van der Waals surface area contributed by atoms with E-state index in [1.54, 1.807) is 18.2 Å². The first-order valence-electron chi connectivity index (χ1n) is 29.2. The van der Waals surface area contributed by atoms with Crippen molar-refractivity contribution in [2.75, 3.05) is 82.0 Å². The molecule has 0 radical (unpaired) electrons. The summed E-state index contributed by atoms with van der Waals surface area (Å²) in [6, 6.07) is 13.8. The number of thiazole rings is 3. The molecule has 0 aliphatic rings. The smallest absolute Gasteiger partial charge is 0.340 e. The van der Waals surface area contributed by atoms with Crippen LogP contribution >= 0.6 is 68.0 Å². The molecule has 3 unspecified atom stereocenters. The van der Waals surface area contributed by atoms with Crippen LogP contribution in [0.15, 0.2) is 96.0 Å². The number of thiophene rings is 3. The summed E-state index contributed by atoms with van der Waals surface area (Å²) >= 11 is 8.45. The van der Waals surface area contributed by atoms with Gasteiger partial charge in [-0.3, -0.25) is 22.3 Å². The molecule has 0 aliphatic heterocycles. The van der Waals surface area contributed by atoms with E-state index in [1.165, 1.54) is 68.0 Å². The first kappa shape index (κ1) is 65.1. The second kappa shape index (κ2) is 28.3. The van der Waals surface area contributed by atoms with Gasteiger partial charge in [-0.25, -0.2) is 29.9 Å². The van der Waals surface area contributed by atoms with Gasteiger partial charge in [0.25, 0.3) is 5.01 Å². The SMILES string of the molecule is CCCCS(=O)c1sc2nc(-c3scc[n+]3-c3csc(-c4cc(-c5cnc(C)n5C)c5c(N)c(S(=O)CCCOCCn6c(-c7cc(-c8nccs8)nc8sc(S(=O)CCOC)c(N)c78)cnc6C)sc5n4)n3)cc(-c3ccc(COC(=O)CN(C)C)cc3)c2c1N. The third-order valence-corrected chi connectivity index (χ3v) is 26.6. The number of benzene rings is 1. The molecule has 478 valence electrons. The summed E-state index contributed by atoms with van der Waals surface area (Å²) in [5, 5.41) is 10.3. The summed E-state index contributed by atoms with van der Waals surface area (Å²) in [7, 11) is 2.99. The summed E-state index contributed by atoms with van der Waals surface area (Å²) in [6.07, 6.45) is 9.55. The molecule has 0 bridgehead atoms. The van der Waals surface area contributed by atoms with Crippen molar-refractivity contribution < 1.29 is 36.2 Å². The van der Waals surface area contributed by atoms with Crippen LogP contribution in [0, 0.1) is 13.8 Å². The Hall–Kier alpha value is -6.94. The Kier molecular flexibility index (Phi) is 20.1. The number of methoxy groups -OCH3 is 1. The Balaban J connectivity index is 0.784. The summed E-state index contributed by atoms with van der Waals surface area (Å²) < 4.78 is 66.3. The number of imidazole rings is 2. The molecule has 0 saturated carbocycles. The number of esters is 1. The maximum Gasteiger partial charge on any atom is 0.340 e. The van der Waals surface area contributed by atoms with E-state index in [0.717, 1.165) is 79.1 Å². The van der Waals surface area contributed by atoms with Crippen LogP contribution in [0.3, 0.4) is 0 Å². The van der Waals surface area contributed by atoms with Gasteiger partial charge in [0.05, 0.1) is 104 Å². The van der Waals surface area contributed by atoms with Crippen LogP contribution in [0.25, 0.3) is 102 Å². The number of carbonyl (C=O) groups is 1. The monoisotopic (exact) mass is 1410 g/mol. The highest BCUT2D eigenvalue weighted by Crippen LogP contribution is 2.47. The minimum Gasteiger partial charge on any atom is -0.460 e. The van der Waals surface area contributed by atoms with Gasteiger partial charge in [0.15, 0.2) is 0 Å². The number of aromatic nitrogens is 10. The van der Waals surface area contributed by atoms with E-state index < -0.39 is 32.4 Å². The van der Waals surface area contributed by atoms with Gasteiger partial charge in [0.1, 0.15) is 73.7 Å². The number of unbranched alkanes of at least 4 members (excludes halogenated alkanes) is 1. The van der Waals surface area contributed by atoms with Crippen LogP contribution in [-0.2, 0) is 71.6 Å². The van der Waals surface area contributed by atoms with Gasteiger partial charge in [-0.2, -0.15) is 4.57 Å². The molecule has 3 atom stereocenters. The minimum absolute atomic E-state index is 0.136. The zero-order valence-corrected chi connectivity index (χ0v) is 58.6. The van der Waals surface area contributed by atoms with Crippen LogP contribution in [0.2, 0.25) is 0 Å². The second-order valence-corrected chi connectivity index (χ2v) is 32.6. The van der Waals surface area contributed by atoms with Gasteiger partial charge in [-0.15, -0.1) is 45.3 Å². The standard InChI is InChI=1S/C62H65N14O7S9/c1-8-9-23-90(78)60-51(63)48-38(37-13-11-36(12-14-37)32-83-47(77)31-73(4)5)26-43(71-56(48)87-60)59-76(17-22-85-59)46-33-86-55(72-46)42-27-39(44-29-67-34(2)74(44)6)49-52(64)61(88-57(49)70-42)91(79)24-10-18-82-19-16-75-35(3)68-30-45(75)40-28-41(54-66-15-21-84-54)69-58-50(40)53(65)62(89-58)92(80)25-20-81-7/h11-15,17,21-22,26-30,33H,8-10,16,18-20,23-25,31-32,63-65H2,1-7H3/q+1. The van der Waals surface area contributed by atoms with E-state index in [0.29, 0.717) is 133 Å². The maximum absolute atomic E-state index is 14.4. The van der Waals surface area contributed by atoms with Crippen molar-refractivity contribution in [2.45, 2.75) is 65.8 Å². The van der Waals surface area contributed by atoms with E-state index in [-0.39, 0.29) is 19.1 Å². The Morgan fingerprint density at radius 2 is 1.27 bits per heavy atom. The molecule has 11 aromatic heterocycles. The van der Waals surface area contributed by atoms with Crippen LogP contribution in [0.1, 0.15) is 43.4 Å². The average molecular weight is 1410 g/mol. The van der Waals surface area contributed by atoms with E-state index in [4.69, 9.17) is 56.3 Å². The molecule has 6 N–H and O–H groups in total. The van der Waals surface area contributed by atoms with Crippen molar-refractivity contribution in [1.29, 1.82) is 0 Å². The molecule has 0 spiro atoms. The quantitative estimate of drug-likeness (QED) is 0.0245. The molecule has 0 fully saturated rings. The zero-order chi connectivity index (χ0) is 64.5. The predicted molar refractivity (Wildman–Crippen MR) is 375 cm³/mol. The molecule has 92 heavy (non-hydrogen) atoms. The molecule has 21 nitrogen and oxygen atoms in total. The molecule has 0 saturated heterocycles. The number of hydrogen-bond acceptors (Lipinski definition) is 24. The van der Waals surface area contributed by atoms with Crippen molar-refractivity contribution in [1.82, 2.24) is 48.9 Å². The van der Waals surface area contributed by atoms with Crippen molar-refractivity contribution in [3.05, 3.63) is 101 Å². The fourth-order valence-corrected chi connectivity index (χ4v) is 20.6. The number of ether oxygens (including phenoxy) is 3. The normalized spacial score (nSPS) is 13.0. The Labute approximate surface area is 561 Å². The molecule has 30 heteroatoms. The summed E-state index contributed by atoms with van der Waals surface area (Å²) in [6.45, 7) is 7.77. The van der Waals surface area contributed by atoms with Gasteiger partial charge in [0.2, 0.25) is 5.01 Å². The van der Waals surface area contributed by atoms with Crippen molar-refractivity contribution in [3.8, 4) is 71.6 Å². The molecule has 0 amide bonds. The van der Waals surface area contributed by atoms with E-state index in [9.17, 15) is 17.4 Å². The number of carbonyl (C=O) groups excluding carboxylic acids is 1. The minimum atomic E-state index is -1.49. The lowest BCUT2D eigenvalue weighted by Gasteiger charge is -2.13. The van der Waals surface area contributed by atoms with Crippen molar-refractivity contribution in [3.63, 3.8) is 0 Å². The lowest BCUT2D eigenvalue weighted by Crippen LogP contribution is -2.30. The molecule has 12 rings (SSSR count). The molecule has 1 aromatic carbocycles. The lowest BCUT2D eigenvalue weighted by molar-refractivity contribution is -0.582. The second-order valence-electron chi connectivity index (χ2n) is 21.7. The van der Waals surface area contributed by atoms with Gasteiger partial charge in [-0.1, -0.05) is 60.3 Å².